The van der Waals surface area contributed by atoms with E-state index in [9.17, 15) is 28.8 Å². The zero-order valence-corrected chi connectivity index (χ0v) is 21.3. The summed E-state index contributed by atoms with van der Waals surface area (Å²) in [6.45, 7) is 4.89. The van der Waals surface area contributed by atoms with Crippen LogP contribution in [0.4, 0.5) is 9.59 Å². The zero-order chi connectivity index (χ0) is 27.0. The second-order valence-electron chi connectivity index (χ2n) is 10.1. The van der Waals surface area contributed by atoms with Gasteiger partial charge in [0.15, 0.2) is 0 Å². The molecule has 200 valence electrons. The smallest absolute Gasteiger partial charge is 0.320 e. The van der Waals surface area contributed by atoms with Crippen LogP contribution in [0.25, 0.3) is 0 Å². The van der Waals surface area contributed by atoms with E-state index in [1.807, 2.05) is 31.2 Å². The highest BCUT2D eigenvalue weighted by atomic mass is 16.2. The molecule has 8 amide bonds. The summed E-state index contributed by atoms with van der Waals surface area (Å²) in [6, 6.07) is -1.48. The van der Waals surface area contributed by atoms with Gasteiger partial charge in [0.05, 0.1) is 23.7 Å². The van der Waals surface area contributed by atoms with Gasteiger partial charge < -0.3 is 21.3 Å². The largest absolute Gasteiger partial charge is 0.352 e. The number of carbonyl (C=O) groups excluding carboxylic acids is 6. The highest BCUT2D eigenvalue weighted by molar-refractivity contribution is 6.07. The average molecular weight is 515 g/mol. The maximum atomic E-state index is 13.5. The number of fused-ring (bicyclic) bond motifs is 2. The third kappa shape index (κ3) is 4.72. The maximum Gasteiger partial charge on any atom is 0.320 e. The maximum absolute atomic E-state index is 13.5. The predicted molar refractivity (Wildman–Crippen MR) is 131 cm³/mol. The molecule has 2 saturated heterocycles. The molecule has 4 rings (SSSR count). The number of nitrogens with two attached hydrogens (primary N) is 1. The van der Waals surface area contributed by atoms with E-state index in [1.165, 1.54) is 4.90 Å². The number of hydrogen-bond acceptors (Lipinski definition) is 6. The molecule has 0 spiro atoms. The Labute approximate surface area is 215 Å². The van der Waals surface area contributed by atoms with Gasteiger partial charge in [0.25, 0.3) is 0 Å². The number of allylic oxidation sites excluding steroid dienone is 4. The molecule has 7 atom stereocenters. The van der Waals surface area contributed by atoms with Gasteiger partial charge in [0.2, 0.25) is 23.6 Å². The number of primary amides is 1. The van der Waals surface area contributed by atoms with Crippen LogP contribution >= 0.6 is 0 Å². The molecule has 0 saturated carbocycles. The number of hydrogen-bond donors (Lipinski definition) is 3. The summed E-state index contributed by atoms with van der Waals surface area (Å²) in [4.78, 5) is 80.5. The number of carbonyl (C=O) groups is 6. The first-order valence-corrected chi connectivity index (χ1v) is 12.7. The average Bonchev–Trinajstić information content (AvgIpc) is 3.26. The van der Waals surface area contributed by atoms with Crippen molar-refractivity contribution in [2.24, 2.45) is 35.3 Å². The lowest BCUT2D eigenvalue weighted by atomic mass is 9.78. The first kappa shape index (κ1) is 26.4. The molecule has 0 aromatic rings. The lowest BCUT2D eigenvalue weighted by Crippen LogP contribution is -2.59. The van der Waals surface area contributed by atoms with E-state index in [4.69, 9.17) is 5.73 Å². The first-order chi connectivity index (χ1) is 17.5. The molecular weight excluding hydrogens is 480 g/mol. The van der Waals surface area contributed by atoms with Crippen LogP contribution in [-0.4, -0.2) is 75.8 Å². The van der Waals surface area contributed by atoms with Crippen molar-refractivity contribution in [2.75, 3.05) is 13.1 Å². The van der Waals surface area contributed by atoms with Gasteiger partial charge in [0.1, 0.15) is 12.3 Å². The van der Waals surface area contributed by atoms with Crippen molar-refractivity contribution in [2.45, 2.75) is 52.4 Å². The van der Waals surface area contributed by atoms with Crippen molar-refractivity contribution in [3.8, 4) is 0 Å². The van der Waals surface area contributed by atoms with Crippen molar-refractivity contribution < 1.29 is 28.8 Å². The summed E-state index contributed by atoms with van der Waals surface area (Å²) in [5.41, 5.74) is 5.16. The third-order valence-corrected chi connectivity index (χ3v) is 7.91. The minimum Gasteiger partial charge on any atom is -0.352 e. The van der Waals surface area contributed by atoms with E-state index in [0.717, 1.165) is 9.80 Å². The Kier molecular flexibility index (Phi) is 7.37. The topological polar surface area (TPSA) is 162 Å². The Morgan fingerprint density at radius 2 is 1.51 bits per heavy atom. The van der Waals surface area contributed by atoms with E-state index in [0.29, 0.717) is 19.3 Å². The van der Waals surface area contributed by atoms with E-state index < -0.39 is 48.1 Å². The molecule has 2 heterocycles. The Hall–Kier alpha value is -3.70. The van der Waals surface area contributed by atoms with Crippen molar-refractivity contribution in [3.05, 3.63) is 24.3 Å². The number of nitrogens with zero attached hydrogens (tertiary/aromatic N) is 3. The van der Waals surface area contributed by atoms with E-state index in [-0.39, 0.29) is 42.6 Å². The molecule has 0 aromatic carbocycles. The number of likely N-dealkylation sites (tertiary alicyclic amines) is 2. The fourth-order valence-electron chi connectivity index (χ4n) is 5.97. The monoisotopic (exact) mass is 514 g/mol. The Morgan fingerprint density at radius 3 is 2.08 bits per heavy atom. The molecule has 37 heavy (non-hydrogen) atoms. The summed E-state index contributed by atoms with van der Waals surface area (Å²) >= 11 is 0. The number of urea groups is 2. The van der Waals surface area contributed by atoms with Crippen LogP contribution in [0.1, 0.15) is 40.0 Å². The van der Waals surface area contributed by atoms with Crippen molar-refractivity contribution in [3.63, 3.8) is 0 Å². The molecule has 12 heteroatoms. The van der Waals surface area contributed by atoms with Crippen LogP contribution in [0, 0.1) is 29.6 Å². The fraction of sp³-hybridized carbons (Fsp3) is 0.600. The second kappa shape index (κ2) is 10.3. The zero-order valence-electron chi connectivity index (χ0n) is 21.3. The Bertz CT molecular complexity index is 1050. The molecule has 0 bridgehead atoms. The molecule has 7 unspecified atom stereocenters. The van der Waals surface area contributed by atoms with Gasteiger partial charge >= 0.3 is 12.1 Å². The molecule has 12 nitrogen and oxygen atoms in total. The van der Waals surface area contributed by atoms with Gasteiger partial charge in [0, 0.05) is 13.1 Å². The lowest BCUT2D eigenvalue weighted by Gasteiger charge is -2.36. The van der Waals surface area contributed by atoms with Gasteiger partial charge in [-0.1, -0.05) is 31.2 Å². The van der Waals surface area contributed by atoms with Crippen LogP contribution in [0.3, 0.4) is 0 Å². The van der Waals surface area contributed by atoms with Gasteiger partial charge in [-0.15, -0.1) is 0 Å². The summed E-state index contributed by atoms with van der Waals surface area (Å²) in [5, 5.41) is 5.09. The summed E-state index contributed by atoms with van der Waals surface area (Å²) in [7, 11) is 0. The molecule has 4 N–H and O–H groups in total. The lowest BCUT2D eigenvalue weighted by molar-refractivity contribution is -0.145. The molecule has 4 aliphatic rings. The van der Waals surface area contributed by atoms with Crippen LogP contribution in [0.5, 0.6) is 0 Å². The van der Waals surface area contributed by atoms with Gasteiger partial charge in [-0.2, -0.15) is 0 Å². The minimum absolute atomic E-state index is 0.0268. The SMILES string of the molecule is CC1C=CCC2C(=O)N(C(C)NC(=O)N(CCNC(N)=O)C(C)N3C(=O)C4CC=CCC4C3=O)C(=O)C12. The van der Waals surface area contributed by atoms with Gasteiger partial charge in [-0.05, 0) is 39.0 Å². The minimum atomic E-state index is -0.968. The highest BCUT2D eigenvalue weighted by Crippen LogP contribution is 2.39. The highest BCUT2D eigenvalue weighted by Gasteiger charge is 2.53. The second-order valence-corrected chi connectivity index (χ2v) is 10.1. The van der Waals surface area contributed by atoms with E-state index in [1.54, 1.807) is 13.8 Å². The molecule has 0 radical (unpaired) electrons. The van der Waals surface area contributed by atoms with Crippen LogP contribution < -0.4 is 16.4 Å². The fourth-order valence-corrected chi connectivity index (χ4v) is 5.97. The van der Waals surface area contributed by atoms with Crippen LogP contribution in [0.15, 0.2) is 24.3 Å². The normalized spacial score (nSPS) is 30.2. The number of nitrogens with one attached hydrogen (secondary N) is 2. The predicted octanol–water partition coefficient (Wildman–Crippen LogP) is 0.507. The number of rotatable bonds is 7. The quantitative estimate of drug-likeness (QED) is 0.331. The summed E-state index contributed by atoms with van der Waals surface area (Å²) in [6.07, 6.45) is 7.03. The van der Waals surface area contributed by atoms with Crippen LogP contribution in [-0.2, 0) is 19.2 Å². The molecular formula is C25H34N6O6. The van der Waals surface area contributed by atoms with Crippen LogP contribution in [0.2, 0.25) is 0 Å². The van der Waals surface area contributed by atoms with Gasteiger partial charge in [-0.25, -0.2) is 9.59 Å². The van der Waals surface area contributed by atoms with Crippen molar-refractivity contribution in [1.82, 2.24) is 25.3 Å². The first-order valence-electron chi connectivity index (χ1n) is 12.7. The van der Waals surface area contributed by atoms with Gasteiger partial charge in [-0.3, -0.25) is 29.0 Å². The Morgan fingerprint density at radius 1 is 0.946 bits per heavy atom. The van der Waals surface area contributed by atoms with Crippen molar-refractivity contribution >= 4 is 35.7 Å². The molecule has 2 aliphatic heterocycles. The summed E-state index contributed by atoms with van der Waals surface area (Å²) in [5.74, 6) is -3.33. The molecule has 2 aliphatic carbocycles. The molecule has 0 aromatic heterocycles. The van der Waals surface area contributed by atoms with E-state index in [2.05, 4.69) is 10.6 Å². The Balaban J connectivity index is 1.51. The van der Waals surface area contributed by atoms with Crippen molar-refractivity contribution in [1.29, 1.82) is 0 Å². The summed E-state index contributed by atoms with van der Waals surface area (Å²) < 4.78 is 0. The number of imide groups is 2. The molecule has 2 fully saturated rings. The third-order valence-electron chi connectivity index (χ3n) is 7.91. The van der Waals surface area contributed by atoms with E-state index >= 15 is 0 Å². The number of amides is 8. The standard InChI is InChI=1S/C25H34N6O6/c1-13-7-6-10-18-19(13)23(35)30(22(18)34)14(2)28-25(37)29(12-11-27-24(26)36)15(3)31-20(32)16-8-4-5-9-17(16)21(31)33/h4-7,13-19H,8-12H2,1-3H3,(H,28,37)(H3,26,27,36).